The van der Waals surface area contributed by atoms with Gasteiger partial charge in [0.1, 0.15) is 17.7 Å². The molecule has 7 nitrogen and oxygen atoms in total. The highest BCUT2D eigenvalue weighted by atomic mass is 15.4. The van der Waals surface area contributed by atoms with Crippen molar-refractivity contribution in [2.24, 2.45) is 5.73 Å². The van der Waals surface area contributed by atoms with Gasteiger partial charge in [-0.1, -0.05) is 35.9 Å². The fourth-order valence-electron chi connectivity index (χ4n) is 3.26. The lowest BCUT2D eigenvalue weighted by atomic mass is 9.98. The van der Waals surface area contributed by atoms with Crippen molar-refractivity contribution in [3.05, 3.63) is 76.6 Å². The van der Waals surface area contributed by atoms with E-state index in [1.54, 1.807) is 12.4 Å². The molecule has 4 rings (SSSR count). The predicted octanol–water partition coefficient (Wildman–Crippen LogP) is 2.58. The van der Waals surface area contributed by atoms with Crippen LogP contribution in [0.2, 0.25) is 0 Å². The summed E-state index contributed by atoms with van der Waals surface area (Å²) in [5, 5.41) is 17.4. The predicted molar refractivity (Wildman–Crippen MR) is 104 cm³/mol. The van der Waals surface area contributed by atoms with E-state index >= 15 is 0 Å². The van der Waals surface area contributed by atoms with Crippen LogP contribution in [0, 0.1) is 18.3 Å². The normalized spacial score (nSPS) is 15.8. The molecule has 134 valence electrons. The molecule has 27 heavy (non-hydrogen) atoms. The lowest BCUT2D eigenvalue weighted by Crippen LogP contribution is -2.27. The lowest BCUT2D eigenvalue weighted by Gasteiger charge is -2.27. The van der Waals surface area contributed by atoms with E-state index in [1.165, 1.54) is 10.2 Å². The zero-order valence-electron chi connectivity index (χ0n) is 14.8. The van der Waals surface area contributed by atoms with Crippen molar-refractivity contribution >= 4 is 17.5 Å². The summed E-state index contributed by atoms with van der Waals surface area (Å²) in [6, 6.07) is 13.8. The molecular weight excluding hydrogens is 338 g/mol. The topological polar surface area (TPSA) is 119 Å². The van der Waals surface area contributed by atoms with Crippen LogP contribution in [-0.2, 0) is 6.42 Å². The minimum absolute atomic E-state index is 0.280. The number of nitrogen functional groups attached to an aromatic ring is 1. The highest BCUT2D eigenvalue weighted by molar-refractivity contribution is 5.73. The maximum atomic E-state index is 9.64. The Morgan fingerprint density at radius 2 is 2.00 bits per heavy atom. The molecule has 1 atom stereocenters. The van der Waals surface area contributed by atoms with Gasteiger partial charge >= 0.3 is 0 Å². The third-order valence-corrected chi connectivity index (χ3v) is 4.73. The Morgan fingerprint density at radius 3 is 2.67 bits per heavy atom. The first-order chi connectivity index (χ1) is 13.1. The molecule has 0 radical (unpaired) electrons. The van der Waals surface area contributed by atoms with Crippen LogP contribution in [0.1, 0.15) is 28.3 Å². The van der Waals surface area contributed by atoms with Crippen molar-refractivity contribution in [1.29, 1.82) is 5.26 Å². The van der Waals surface area contributed by atoms with Crippen LogP contribution in [0.5, 0.6) is 0 Å². The summed E-state index contributed by atoms with van der Waals surface area (Å²) in [5.41, 5.74) is 16.9. The Balaban J connectivity index is 1.79. The summed E-state index contributed by atoms with van der Waals surface area (Å²) >= 11 is 0. The van der Waals surface area contributed by atoms with Gasteiger partial charge in [-0.3, -0.25) is 4.98 Å². The molecule has 2 aromatic heterocycles. The second-order valence-corrected chi connectivity index (χ2v) is 6.56. The quantitative estimate of drug-likeness (QED) is 0.663. The maximum Gasteiger partial charge on any atom is 0.151 e. The van der Waals surface area contributed by atoms with E-state index < -0.39 is 6.04 Å². The molecule has 1 aliphatic heterocycles. The minimum atomic E-state index is -0.399. The van der Waals surface area contributed by atoms with Gasteiger partial charge in [0.05, 0.1) is 11.6 Å². The van der Waals surface area contributed by atoms with E-state index in [4.69, 9.17) is 11.5 Å². The Labute approximate surface area is 156 Å². The van der Waals surface area contributed by atoms with Gasteiger partial charge < -0.3 is 16.8 Å². The number of rotatable bonds is 3. The number of nitrogens with zero attached hydrogens (tertiary/aromatic N) is 4. The molecule has 3 heterocycles. The number of aromatic nitrogens is 3. The fraction of sp³-hybridized carbons (Fsp3) is 0.150. The second kappa shape index (κ2) is 6.50. The average molecular weight is 357 g/mol. The number of pyridine rings is 1. The van der Waals surface area contributed by atoms with E-state index in [2.05, 4.69) is 52.7 Å². The molecule has 0 saturated carbocycles. The standard InChI is InChI=1S/C20H19N7/c1-12-4-6-13(7-5-12)9-15-18(22)26-27-19(23)16(10-21)17(25-20(15)27)14-3-2-8-24-11-14/h2-8,11,17,25H,9,23H2,1H3,(H2,22,26). The lowest BCUT2D eigenvalue weighted by molar-refractivity contribution is 0.797. The third-order valence-electron chi connectivity index (χ3n) is 4.73. The fourth-order valence-corrected chi connectivity index (χ4v) is 3.26. The highest BCUT2D eigenvalue weighted by Crippen LogP contribution is 2.37. The molecule has 5 N–H and O–H groups in total. The minimum Gasteiger partial charge on any atom is -0.383 e. The van der Waals surface area contributed by atoms with Crippen molar-refractivity contribution in [1.82, 2.24) is 14.8 Å². The molecular formula is C20H19N7. The van der Waals surface area contributed by atoms with Gasteiger partial charge in [-0.15, -0.1) is 5.10 Å². The number of hydrogen-bond acceptors (Lipinski definition) is 6. The summed E-state index contributed by atoms with van der Waals surface area (Å²) in [7, 11) is 0. The number of nitriles is 1. The van der Waals surface area contributed by atoms with Gasteiger partial charge in [0.2, 0.25) is 0 Å². The van der Waals surface area contributed by atoms with E-state index in [9.17, 15) is 5.26 Å². The van der Waals surface area contributed by atoms with Crippen LogP contribution in [0.3, 0.4) is 0 Å². The van der Waals surface area contributed by atoms with E-state index in [1.807, 2.05) is 12.1 Å². The summed E-state index contributed by atoms with van der Waals surface area (Å²) in [5.74, 6) is 1.38. The molecule has 3 aromatic rings. The van der Waals surface area contributed by atoms with Crippen LogP contribution in [0.15, 0.2) is 54.4 Å². The number of anilines is 2. The average Bonchev–Trinajstić information content (AvgIpc) is 3.00. The summed E-state index contributed by atoms with van der Waals surface area (Å²) in [6.07, 6.45) is 4.02. The summed E-state index contributed by atoms with van der Waals surface area (Å²) in [4.78, 5) is 4.15. The Kier molecular flexibility index (Phi) is 4.01. The summed E-state index contributed by atoms with van der Waals surface area (Å²) in [6.45, 7) is 2.05. The second-order valence-electron chi connectivity index (χ2n) is 6.56. The van der Waals surface area contributed by atoms with Crippen LogP contribution in [0.4, 0.5) is 11.6 Å². The summed E-state index contributed by atoms with van der Waals surface area (Å²) < 4.78 is 1.52. The SMILES string of the molecule is Cc1ccc(Cc2c(N)nn3c2NC(c2cccnc2)C(C#N)=C3N)cc1. The number of nitrogens with one attached hydrogen (secondary N) is 1. The Bertz CT molecular complexity index is 1060. The van der Waals surface area contributed by atoms with Crippen molar-refractivity contribution in [2.45, 2.75) is 19.4 Å². The van der Waals surface area contributed by atoms with Crippen LogP contribution >= 0.6 is 0 Å². The molecule has 1 aliphatic rings. The first kappa shape index (κ1) is 16.7. The van der Waals surface area contributed by atoms with Crippen molar-refractivity contribution in [3.8, 4) is 6.07 Å². The van der Waals surface area contributed by atoms with Crippen LogP contribution in [-0.4, -0.2) is 14.8 Å². The first-order valence-corrected chi connectivity index (χ1v) is 8.58. The molecule has 7 heteroatoms. The van der Waals surface area contributed by atoms with E-state index in [0.29, 0.717) is 23.6 Å². The Morgan fingerprint density at radius 1 is 1.22 bits per heavy atom. The van der Waals surface area contributed by atoms with Crippen molar-refractivity contribution in [3.63, 3.8) is 0 Å². The van der Waals surface area contributed by atoms with Gasteiger partial charge in [0.15, 0.2) is 5.82 Å². The van der Waals surface area contributed by atoms with E-state index in [-0.39, 0.29) is 5.82 Å². The van der Waals surface area contributed by atoms with Gasteiger partial charge in [0.25, 0.3) is 0 Å². The molecule has 0 bridgehead atoms. The molecule has 0 aliphatic carbocycles. The zero-order chi connectivity index (χ0) is 19.0. The molecule has 1 aromatic carbocycles. The smallest absolute Gasteiger partial charge is 0.151 e. The Hall–Kier alpha value is -3.79. The van der Waals surface area contributed by atoms with Crippen molar-refractivity contribution < 1.29 is 0 Å². The molecule has 0 fully saturated rings. The van der Waals surface area contributed by atoms with Gasteiger partial charge in [-0.2, -0.15) is 9.94 Å². The van der Waals surface area contributed by atoms with Gasteiger partial charge in [-0.05, 0) is 24.1 Å². The van der Waals surface area contributed by atoms with Crippen LogP contribution < -0.4 is 16.8 Å². The number of hydrogen-bond donors (Lipinski definition) is 3. The first-order valence-electron chi connectivity index (χ1n) is 8.58. The molecule has 0 spiro atoms. The third kappa shape index (κ3) is 2.87. The maximum absolute atomic E-state index is 9.64. The van der Waals surface area contributed by atoms with Crippen molar-refractivity contribution in [2.75, 3.05) is 11.1 Å². The number of aryl methyl sites for hydroxylation is 1. The largest absolute Gasteiger partial charge is 0.383 e. The van der Waals surface area contributed by atoms with E-state index in [0.717, 1.165) is 16.7 Å². The number of benzene rings is 1. The highest BCUT2D eigenvalue weighted by Gasteiger charge is 2.31. The molecule has 1 unspecified atom stereocenters. The van der Waals surface area contributed by atoms with Crippen LogP contribution in [0.25, 0.3) is 5.82 Å². The molecule has 0 amide bonds. The number of nitrogens with two attached hydrogens (primary N) is 2. The monoisotopic (exact) mass is 357 g/mol. The zero-order valence-corrected chi connectivity index (χ0v) is 14.8. The van der Waals surface area contributed by atoms with Gasteiger partial charge in [-0.25, -0.2) is 0 Å². The number of fused-ring (bicyclic) bond motifs is 1. The van der Waals surface area contributed by atoms with Gasteiger partial charge in [0, 0.05) is 24.4 Å². The molecule has 0 saturated heterocycles.